The van der Waals surface area contributed by atoms with Crippen LogP contribution in [0, 0.1) is 17.2 Å². The first-order valence-corrected chi connectivity index (χ1v) is 11.9. The van der Waals surface area contributed by atoms with Crippen LogP contribution in [0.2, 0.25) is 0 Å². The Morgan fingerprint density at radius 2 is 2.12 bits per heavy atom. The van der Waals surface area contributed by atoms with E-state index in [4.69, 9.17) is 4.74 Å². The van der Waals surface area contributed by atoms with Crippen molar-refractivity contribution in [1.82, 2.24) is 14.7 Å². The Labute approximate surface area is 189 Å². The number of aromatic nitrogens is 2. The Morgan fingerprint density at radius 1 is 1.31 bits per heavy atom. The number of fused-ring (bicyclic) bond motifs is 2. The van der Waals surface area contributed by atoms with E-state index in [1.165, 1.54) is 17.7 Å². The number of allylic oxidation sites excluding steroid dienone is 1. The Kier molecular flexibility index (Phi) is 5.66. The molecule has 1 unspecified atom stereocenters. The molecule has 1 amide bonds. The number of nitrogens with zero attached hydrogens (tertiary/aromatic N) is 3. The summed E-state index contributed by atoms with van der Waals surface area (Å²) < 4.78 is 21.1. The summed E-state index contributed by atoms with van der Waals surface area (Å²) in [5, 5.41) is 4.60. The molecule has 5 nitrogen and oxygen atoms in total. The van der Waals surface area contributed by atoms with Crippen molar-refractivity contribution < 1.29 is 13.9 Å². The van der Waals surface area contributed by atoms with Crippen molar-refractivity contribution in [3.8, 4) is 5.69 Å². The van der Waals surface area contributed by atoms with Gasteiger partial charge in [0.15, 0.2) is 0 Å². The van der Waals surface area contributed by atoms with E-state index in [9.17, 15) is 9.18 Å². The van der Waals surface area contributed by atoms with E-state index in [-0.39, 0.29) is 29.2 Å². The molecule has 3 aliphatic rings. The lowest BCUT2D eigenvalue weighted by Crippen LogP contribution is -2.45. The average molecular weight is 438 g/mol. The number of benzene rings is 1. The van der Waals surface area contributed by atoms with Gasteiger partial charge in [0.2, 0.25) is 5.91 Å². The third-order valence-electron chi connectivity index (χ3n) is 7.58. The highest BCUT2D eigenvalue weighted by Crippen LogP contribution is 2.53. The molecule has 1 aromatic carbocycles. The van der Waals surface area contributed by atoms with Gasteiger partial charge in [0, 0.05) is 31.0 Å². The summed E-state index contributed by atoms with van der Waals surface area (Å²) in [6.45, 7) is 6.70. The molecule has 170 valence electrons. The van der Waals surface area contributed by atoms with E-state index in [0.717, 1.165) is 68.6 Å². The maximum atomic E-state index is 13.7. The molecule has 1 saturated heterocycles. The molecule has 0 spiro atoms. The lowest BCUT2D eigenvalue weighted by molar-refractivity contribution is -0.139. The zero-order valence-corrected chi connectivity index (χ0v) is 19.0. The molecule has 3 atom stereocenters. The van der Waals surface area contributed by atoms with Crippen molar-refractivity contribution in [2.24, 2.45) is 11.3 Å². The summed E-state index contributed by atoms with van der Waals surface area (Å²) in [5.41, 5.74) is 4.22. The molecule has 1 aliphatic heterocycles. The fourth-order valence-electron chi connectivity index (χ4n) is 5.84. The molecule has 2 heterocycles. The third-order valence-corrected chi connectivity index (χ3v) is 7.58. The van der Waals surface area contributed by atoms with Gasteiger partial charge in [-0.15, -0.1) is 0 Å². The lowest BCUT2D eigenvalue weighted by atomic mass is 9.69. The number of ether oxygens (including phenoxy) is 1. The lowest BCUT2D eigenvalue weighted by Gasteiger charge is -2.38. The monoisotopic (exact) mass is 437 g/mol. The maximum absolute atomic E-state index is 13.7. The highest BCUT2D eigenvalue weighted by Gasteiger charge is 2.50. The minimum atomic E-state index is -0.252. The first-order valence-electron chi connectivity index (χ1n) is 11.9. The number of hydrogen-bond donors (Lipinski definition) is 0. The SMILES string of the molecule is CCCN(CC1CCCO1)C(=O)[C@H]1CCC2=Cc3c(cnn3-c3ccc(F)cc3)C[C@@]21C. The van der Waals surface area contributed by atoms with E-state index in [0.29, 0.717) is 6.54 Å². The van der Waals surface area contributed by atoms with Crippen LogP contribution >= 0.6 is 0 Å². The largest absolute Gasteiger partial charge is 0.376 e. The van der Waals surface area contributed by atoms with Crippen molar-refractivity contribution in [1.29, 1.82) is 0 Å². The Morgan fingerprint density at radius 3 is 2.84 bits per heavy atom. The van der Waals surface area contributed by atoms with Crippen LogP contribution in [-0.4, -0.2) is 46.4 Å². The molecule has 1 aromatic heterocycles. The normalized spacial score (nSPS) is 26.5. The van der Waals surface area contributed by atoms with Gasteiger partial charge in [-0.3, -0.25) is 4.79 Å². The van der Waals surface area contributed by atoms with Crippen molar-refractivity contribution in [2.75, 3.05) is 19.7 Å². The standard InChI is InChI=1S/C26H32FN3O2/c1-3-12-29(17-22-5-4-13-32-22)25(31)23-11-6-19-14-24-18(15-26(19,23)2)16-28-30(24)21-9-7-20(27)8-10-21/h7-10,14,16,22-23H,3-6,11-13,15,17H2,1-2H3/t22?,23-,26+/m1/s1. The van der Waals surface area contributed by atoms with Crippen LogP contribution in [0.25, 0.3) is 11.8 Å². The molecule has 2 fully saturated rings. The van der Waals surface area contributed by atoms with Crippen LogP contribution in [0.1, 0.15) is 57.2 Å². The van der Waals surface area contributed by atoms with Gasteiger partial charge >= 0.3 is 0 Å². The Bertz CT molecular complexity index is 1020. The van der Waals surface area contributed by atoms with Gasteiger partial charge in [-0.05, 0) is 74.4 Å². The molecule has 0 bridgehead atoms. The van der Waals surface area contributed by atoms with Gasteiger partial charge in [-0.2, -0.15) is 5.10 Å². The van der Waals surface area contributed by atoms with E-state index in [2.05, 4.69) is 29.9 Å². The van der Waals surface area contributed by atoms with Crippen molar-refractivity contribution in [3.05, 3.63) is 53.1 Å². The summed E-state index contributed by atoms with van der Waals surface area (Å²) in [6.07, 6.45) is 10.1. The molecule has 2 aliphatic carbocycles. The third kappa shape index (κ3) is 3.68. The van der Waals surface area contributed by atoms with Gasteiger partial charge in [0.1, 0.15) is 5.82 Å². The second-order valence-corrected chi connectivity index (χ2v) is 9.72. The summed E-state index contributed by atoms with van der Waals surface area (Å²) in [4.78, 5) is 15.8. The minimum Gasteiger partial charge on any atom is -0.376 e. The van der Waals surface area contributed by atoms with Crippen molar-refractivity contribution in [3.63, 3.8) is 0 Å². The first kappa shape index (κ1) is 21.4. The molecular weight excluding hydrogens is 405 g/mol. The van der Waals surface area contributed by atoms with E-state index < -0.39 is 0 Å². The highest BCUT2D eigenvalue weighted by atomic mass is 19.1. The molecule has 2 aromatic rings. The number of carbonyl (C=O) groups excluding carboxylic acids is 1. The molecule has 5 rings (SSSR count). The highest BCUT2D eigenvalue weighted by molar-refractivity contribution is 5.82. The van der Waals surface area contributed by atoms with E-state index in [1.54, 1.807) is 12.1 Å². The van der Waals surface area contributed by atoms with Crippen LogP contribution in [0.15, 0.2) is 36.0 Å². The van der Waals surface area contributed by atoms with E-state index >= 15 is 0 Å². The quantitative estimate of drug-likeness (QED) is 0.653. The number of hydrogen-bond acceptors (Lipinski definition) is 3. The van der Waals surface area contributed by atoms with Gasteiger partial charge in [-0.1, -0.05) is 19.4 Å². The molecule has 32 heavy (non-hydrogen) atoms. The number of halogens is 1. The van der Waals surface area contributed by atoms with Crippen LogP contribution < -0.4 is 0 Å². The summed E-state index contributed by atoms with van der Waals surface area (Å²) in [7, 11) is 0. The van der Waals surface area contributed by atoms with Crippen molar-refractivity contribution >= 4 is 12.0 Å². The van der Waals surface area contributed by atoms with Crippen LogP contribution in [-0.2, 0) is 16.0 Å². The molecule has 1 saturated carbocycles. The van der Waals surface area contributed by atoms with Crippen molar-refractivity contribution in [2.45, 2.75) is 58.5 Å². The molecule has 0 radical (unpaired) electrons. The second kappa shape index (κ2) is 8.47. The number of rotatable bonds is 6. The topological polar surface area (TPSA) is 47.4 Å². The summed E-state index contributed by atoms with van der Waals surface area (Å²) in [6, 6.07) is 6.43. The predicted octanol–water partition coefficient (Wildman–Crippen LogP) is 4.78. The fraction of sp³-hybridized carbons (Fsp3) is 0.538. The fourth-order valence-corrected chi connectivity index (χ4v) is 5.84. The predicted molar refractivity (Wildman–Crippen MR) is 122 cm³/mol. The maximum Gasteiger partial charge on any atom is 0.226 e. The van der Waals surface area contributed by atoms with Gasteiger partial charge in [0.05, 0.1) is 23.7 Å². The Balaban J connectivity index is 1.40. The average Bonchev–Trinajstić information content (AvgIpc) is 3.50. The summed E-state index contributed by atoms with van der Waals surface area (Å²) >= 11 is 0. The molecule has 0 N–H and O–H groups in total. The number of carbonyl (C=O) groups is 1. The van der Waals surface area contributed by atoms with Gasteiger partial charge in [-0.25, -0.2) is 9.07 Å². The van der Waals surface area contributed by atoms with Gasteiger partial charge in [0.25, 0.3) is 0 Å². The van der Waals surface area contributed by atoms with Crippen LogP contribution in [0.5, 0.6) is 0 Å². The van der Waals surface area contributed by atoms with E-state index in [1.807, 2.05) is 10.9 Å². The second-order valence-electron chi connectivity index (χ2n) is 9.72. The number of amides is 1. The molecule has 6 heteroatoms. The zero-order valence-electron chi connectivity index (χ0n) is 19.0. The van der Waals surface area contributed by atoms with Crippen LogP contribution in [0.4, 0.5) is 4.39 Å². The van der Waals surface area contributed by atoms with Crippen LogP contribution in [0.3, 0.4) is 0 Å². The van der Waals surface area contributed by atoms with Gasteiger partial charge < -0.3 is 9.64 Å². The smallest absolute Gasteiger partial charge is 0.226 e. The summed E-state index contributed by atoms with van der Waals surface area (Å²) in [5.74, 6) is 0.0177. The Hall–Kier alpha value is -2.47. The molecular formula is C26H32FN3O2. The first-order chi connectivity index (χ1) is 15.5. The minimum absolute atomic E-state index is 0.0102. The zero-order chi connectivity index (χ0) is 22.3.